The van der Waals surface area contributed by atoms with Crippen molar-refractivity contribution in [3.05, 3.63) is 59.7 Å². The Balaban J connectivity index is 2.51. The molecule has 19 heavy (non-hydrogen) atoms. The maximum absolute atomic E-state index is 13.4. The van der Waals surface area contributed by atoms with E-state index in [0.717, 1.165) is 23.2 Å². The van der Waals surface area contributed by atoms with Crippen LogP contribution in [-0.2, 0) is 4.57 Å². The zero-order chi connectivity index (χ0) is 13.9. The van der Waals surface area contributed by atoms with Crippen LogP contribution in [0.25, 0.3) is 0 Å². The van der Waals surface area contributed by atoms with Crippen molar-refractivity contribution < 1.29 is 4.57 Å². The minimum absolute atomic E-state index is 0.735. The molecule has 0 N–H and O–H groups in total. The molecule has 0 aromatic heterocycles. The molecule has 0 radical (unpaired) electrons. The lowest BCUT2D eigenvalue weighted by molar-refractivity contribution is 0.586. The Morgan fingerprint density at radius 3 is 1.47 bits per heavy atom. The molecule has 0 fully saturated rings. The van der Waals surface area contributed by atoms with Crippen molar-refractivity contribution in [2.45, 2.75) is 27.2 Å². The third kappa shape index (κ3) is 2.98. The van der Waals surface area contributed by atoms with E-state index in [9.17, 15) is 4.57 Å². The number of rotatable bonds is 4. The predicted octanol–water partition coefficient (Wildman–Crippen LogP) is 4.03. The van der Waals surface area contributed by atoms with Gasteiger partial charge < -0.3 is 4.57 Å². The molecule has 0 bridgehead atoms. The monoisotopic (exact) mass is 272 g/mol. The van der Waals surface area contributed by atoms with Crippen molar-refractivity contribution in [1.29, 1.82) is 0 Å². The molecular formula is C17H21OP. The first kappa shape index (κ1) is 14.1. The minimum atomic E-state index is -2.46. The highest BCUT2D eigenvalue weighted by molar-refractivity contribution is 7.78. The van der Waals surface area contributed by atoms with E-state index in [4.69, 9.17) is 0 Å². The van der Waals surface area contributed by atoms with Crippen molar-refractivity contribution in [1.82, 2.24) is 0 Å². The second-order valence-electron chi connectivity index (χ2n) is 5.13. The van der Waals surface area contributed by atoms with Crippen LogP contribution in [0.1, 0.15) is 24.5 Å². The molecule has 0 aliphatic carbocycles. The van der Waals surface area contributed by atoms with Gasteiger partial charge in [0.25, 0.3) is 0 Å². The summed E-state index contributed by atoms with van der Waals surface area (Å²) in [5.74, 6) is 0. The minimum Gasteiger partial charge on any atom is -0.314 e. The van der Waals surface area contributed by atoms with Crippen molar-refractivity contribution in [2.75, 3.05) is 6.16 Å². The van der Waals surface area contributed by atoms with Gasteiger partial charge in [-0.25, -0.2) is 0 Å². The Hall–Kier alpha value is -1.33. The van der Waals surface area contributed by atoms with Gasteiger partial charge in [-0.3, -0.25) is 0 Å². The third-order valence-corrected chi connectivity index (χ3v) is 6.78. The number of hydrogen-bond donors (Lipinski definition) is 0. The van der Waals surface area contributed by atoms with Crippen LogP contribution < -0.4 is 10.6 Å². The molecule has 0 amide bonds. The summed E-state index contributed by atoms with van der Waals surface area (Å²) in [5, 5.41) is 1.95. The van der Waals surface area contributed by atoms with Gasteiger partial charge in [0.15, 0.2) is 0 Å². The van der Waals surface area contributed by atoms with Gasteiger partial charge in [0.1, 0.15) is 7.14 Å². The zero-order valence-electron chi connectivity index (χ0n) is 11.9. The van der Waals surface area contributed by atoms with E-state index < -0.39 is 7.14 Å². The third-order valence-electron chi connectivity index (χ3n) is 3.44. The fraction of sp³-hybridized carbons (Fsp3) is 0.294. The molecule has 0 unspecified atom stereocenters. The van der Waals surface area contributed by atoms with Gasteiger partial charge in [-0.15, -0.1) is 0 Å². The lowest BCUT2D eigenvalue weighted by Gasteiger charge is -2.19. The van der Waals surface area contributed by atoms with Crippen molar-refractivity contribution in [3.63, 3.8) is 0 Å². The second-order valence-corrected chi connectivity index (χ2v) is 8.09. The van der Waals surface area contributed by atoms with Gasteiger partial charge in [0.05, 0.1) is 0 Å². The lowest BCUT2D eigenvalue weighted by Crippen LogP contribution is -2.18. The highest BCUT2D eigenvalue weighted by atomic mass is 31.2. The molecule has 0 saturated carbocycles. The fourth-order valence-corrected chi connectivity index (χ4v) is 5.00. The molecule has 2 aromatic carbocycles. The average molecular weight is 272 g/mol. The first-order chi connectivity index (χ1) is 9.06. The largest absolute Gasteiger partial charge is 0.314 e. The van der Waals surface area contributed by atoms with Crippen LogP contribution in [0.5, 0.6) is 0 Å². The standard InChI is InChI=1S/C17H21OP/c1-4-13-19(18,16-9-5-14(2)6-10-16)17-11-7-15(3)8-12-17/h5-12H,4,13H2,1-3H3. The van der Waals surface area contributed by atoms with Crippen LogP contribution in [-0.4, -0.2) is 6.16 Å². The van der Waals surface area contributed by atoms with Crippen LogP contribution in [0.15, 0.2) is 48.5 Å². The van der Waals surface area contributed by atoms with Gasteiger partial charge in [0.2, 0.25) is 0 Å². The SMILES string of the molecule is CCCP(=O)(c1ccc(C)cc1)c1ccc(C)cc1. The van der Waals surface area contributed by atoms with Crippen LogP contribution in [0.3, 0.4) is 0 Å². The molecule has 0 spiro atoms. The van der Waals surface area contributed by atoms with Gasteiger partial charge in [0, 0.05) is 16.8 Å². The molecule has 2 aromatic rings. The highest BCUT2D eigenvalue weighted by Crippen LogP contribution is 2.43. The van der Waals surface area contributed by atoms with E-state index in [1.54, 1.807) is 0 Å². The summed E-state index contributed by atoms with van der Waals surface area (Å²) in [4.78, 5) is 0. The van der Waals surface area contributed by atoms with E-state index in [2.05, 4.69) is 20.8 Å². The maximum Gasteiger partial charge on any atom is 0.143 e. The molecule has 0 aliphatic rings. The molecular weight excluding hydrogens is 251 g/mol. The van der Waals surface area contributed by atoms with Crippen LogP contribution in [0.2, 0.25) is 0 Å². The van der Waals surface area contributed by atoms with E-state index in [0.29, 0.717) is 0 Å². The predicted molar refractivity (Wildman–Crippen MR) is 84.4 cm³/mol. The Morgan fingerprint density at radius 1 is 0.789 bits per heavy atom. The summed E-state index contributed by atoms with van der Waals surface area (Å²) in [7, 11) is -2.46. The van der Waals surface area contributed by atoms with E-state index >= 15 is 0 Å². The number of hydrogen-bond acceptors (Lipinski definition) is 1. The molecule has 1 nitrogen and oxygen atoms in total. The van der Waals surface area contributed by atoms with E-state index in [1.165, 1.54) is 11.1 Å². The molecule has 2 heteroatoms. The molecule has 0 saturated heterocycles. The quantitative estimate of drug-likeness (QED) is 0.768. The van der Waals surface area contributed by atoms with E-state index in [-0.39, 0.29) is 0 Å². The maximum atomic E-state index is 13.4. The first-order valence-corrected chi connectivity index (χ1v) is 8.69. The summed E-state index contributed by atoms with van der Waals surface area (Å²) >= 11 is 0. The molecule has 0 heterocycles. The van der Waals surface area contributed by atoms with Gasteiger partial charge in [-0.05, 0) is 20.3 Å². The Bertz CT molecular complexity index is 532. The van der Waals surface area contributed by atoms with Gasteiger partial charge >= 0.3 is 0 Å². The summed E-state index contributed by atoms with van der Waals surface area (Å²) in [5.41, 5.74) is 2.41. The summed E-state index contributed by atoms with van der Waals surface area (Å²) in [6.45, 7) is 6.20. The molecule has 100 valence electrons. The Kier molecular flexibility index (Phi) is 4.27. The molecule has 2 rings (SSSR count). The first-order valence-electron chi connectivity index (χ1n) is 6.80. The van der Waals surface area contributed by atoms with Gasteiger partial charge in [-0.1, -0.05) is 66.6 Å². The van der Waals surface area contributed by atoms with Gasteiger partial charge in [-0.2, -0.15) is 0 Å². The molecule has 0 atom stereocenters. The lowest BCUT2D eigenvalue weighted by atomic mass is 10.2. The van der Waals surface area contributed by atoms with E-state index in [1.807, 2.05) is 48.5 Å². The van der Waals surface area contributed by atoms with Crippen LogP contribution >= 0.6 is 7.14 Å². The van der Waals surface area contributed by atoms with Crippen molar-refractivity contribution in [3.8, 4) is 0 Å². The zero-order valence-corrected chi connectivity index (χ0v) is 12.8. The normalized spacial score (nSPS) is 11.5. The topological polar surface area (TPSA) is 17.1 Å². The summed E-state index contributed by atoms with van der Waals surface area (Å²) in [6.07, 6.45) is 1.66. The van der Waals surface area contributed by atoms with Crippen molar-refractivity contribution >= 4 is 17.8 Å². The average Bonchev–Trinajstić information content (AvgIpc) is 2.40. The second kappa shape index (κ2) is 5.75. The number of benzene rings is 2. The number of aryl methyl sites for hydroxylation is 2. The van der Waals surface area contributed by atoms with Crippen LogP contribution in [0, 0.1) is 13.8 Å². The Labute approximate surface area is 116 Å². The van der Waals surface area contributed by atoms with Crippen LogP contribution in [0.4, 0.5) is 0 Å². The highest BCUT2D eigenvalue weighted by Gasteiger charge is 2.25. The fourth-order valence-electron chi connectivity index (χ4n) is 2.29. The smallest absolute Gasteiger partial charge is 0.143 e. The Morgan fingerprint density at radius 2 is 1.16 bits per heavy atom. The van der Waals surface area contributed by atoms with Crippen molar-refractivity contribution in [2.24, 2.45) is 0 Å². The summed E-state index contributed by atoms with van der Waals surface area (Å²) < 4.78 is 13.4. The molecule has 0 aliphatic heterocycles. The summed E-state index contributed by atoms with van der Waals surface area (Å²) in [6, 6.07) is 16.3.